The molecule has 0 bridgehead atoms. The smallest absolute Gasteiger partial charge is 0.0538 e. The Morgan fingerprint density at radius 3 is 2.55 bits per heavy atom. The van der Waals surface area contributed by atoms with Crippen molar-refractivity contribution >= 4 is 0 Å². The lowest BCUT2D eigenvalue weighted by Crippen LogP contribution is -2.53. The first-order valence-electron chi connectivity index (χ1n) is 8.08. The molecule has 0 amide bonds. The molecule has 114 valence electrons. The fraction of sp³-hybridized carbons (Fsp3) is 0.812. The van der Waals surface area contributed by atoms with E-state index in [2.05, 4.69) is 42.3 Å². The van der Waals surface area contributed by atoms with Crippen LogP contribution in [0.15, 0.2) is 12.4 Å². The molecule has 0 aliphatic carbocycles. The average Bonchev–Trinajstić information content (AvgIpc) is 3.10. The Hall–Kier alpha value is -0.870. The standard InChI is InChI=1S/C16H30N4/c1-5-9-17-15(14-12-18-19(4)13-14)16(3,6-2)20-10-7-8-11-20/h12-13,15,17H,5-11H2,1-4H3. The van der Waals surface area contributed by atoms with Gasteiger partial charge in [0.2, 0.25) is 0 Å². The van der Waals surface area contributed by atoms with E-state index in [4.69, 9.17) is 0 Å². The molecular weight excluding hydrogens is 248 g/mol. The molecule has 2 unspecified atom stereocenters. The molecule has 0 aromatic carbocycles. The molecule has 1 aliphatic heterocycles. The molecule has 0 saturated carbocycles. The van der Waals surface area contributed by atoms with E-state index in [0.29, 0.717) is 6.04 Å². The first-order chi connectivity index (χ1) is 9.61. The molecule has 4 heteroatoms. The van der Waals surface area contributed by atoms with Crippen LogP contribution in [0.5, 0.6) is 0 Å². The van der Waals surface area contributed by atoms with Crippen LogP contribution in [0.2, 0.25) is 0 Å². The summed E-state index contributed by atoms with van der Waals surface area (Å²) < 4.78 is 1.91. The summed E-state index contributed by atoms with van der Waals surface area (Å²) in [6, 6.07) is 0.360. The Morgan fingerprint density at radius 2 is 2.05 bits per heavy atom. The van der Waals surface area contributed by atoms with E-state index in [0.717, 1.165) is 19.4 Å². The lowest BCUT2D eigenvalue weighted by molar-refractivity contribution is 0.0839. The molecule has 1 aromatic heterocycles. The highest BCUT2D eigenvalue weighted by Crippen LogP contribution is 2.36. The van der Waals surface area contributed by atoms with Crippen molar-refractivity contribution < 1.29 is 0 Å². The van der Waals surface area contributed by atoms with Crippen molar-refractivity contribution in [2.45, 2.75) is 58.0 Å². The Morgan fingerprint density at radius 1 is 1.35 bits per heavy atom. The fourth-order valence-electron chi connectivity index (χ4n) is 3.41. The van der Waals surface area contributed by atoms with Gasteiger partial charge in [-0.25, -0.2) is 0 Å². The summed E-state index contributed by atoms with van der Waals surface area (Å²) in [5, 5.41) is 8.15. The van der Waals surface area contributed by atoms with E-state index < -0.39 is 0 Å². The van der Waals surface area contributed by atoms with Crippen molar-refractivity contribution in [1.29, 1.82) is 0 Å². The van der Waals surface area contributed by atoms with Gasteiger partial charge in [-0.2, -0.15) is 5.10 Å². The average molecular weight is 278 g/mol. The number of nitrogens with zero attached hydrogens (tertiary/aromatic N) is 3. The monoisotopic (exact) mass is 278 g/mol. The molecule has 2 heterocycles. The number of likely N-dealkylation sites (tertiary alicyclic amines) is 1. The Bertz CT molecular complexity index is 408. The highest BCUT2D eigenvalue weighted by molar-refractivity contribution is 5.17. The lowest BCUT2D eigenvalue weighted by atomic mass is 9.84. The summed E-state index contributed by atoms with van der Waals surface area (Å²) in [6.07, 6.45) is 9.18. The fourth-order valence-corrected chi connectivity index (χ4v) is 3.41. The van der Waals surface area contributed by atoms with Crippen molar-refractivity contribution in [3.63, 3.8) is 0 Å². The third kappa shape index (κ3) is 3.07. The van der Waals surface area contributed by atoms with E-state index in [9.17, 15) is 0 Å². The van der Waals surface area contributed by atoms with Crippen molar-refractivity contribution in [3.05, 3.63) is 18.0 Å². The number of hydrogen-bond acceptors (Lipinski definition) is 3. The first kappa shape index (κ1) is 15.5. The summed E-state index contributed by atoms with van der Waals surface area (Å²) in [6.45, 7) is 10.5. The molecule has 0 radical (unpaired) electrons. The van der Waals surface area contributed by atoms with Crippen LogP contribution in [0, 0.1) is 0 Å². The highest BCUT2D eigenvalue weighted by atomic mass is 15.3. The van der Waals surface area contributed by atoms with Crippen LogP contribution in [0.3, 0.4) is 0 Å². The molecule has 1 fully saturated rings. The van der Waals surface area contributed by atoms with Crippen LogP contribution in [-0.2, 0) is 7.05 Å². The zero-order valence-electron chi connectivity index (χ0n) is 13.5. The normalized spacial score (nSPS) is 21.0. The Labute approximate surface area is 123 Å². The Kier molecular flexibility index (Phi) is 5.22. The van der Waals surface area contributed by atoms with Crippen LogP contribution in [0.25, 0.3) is 0 Å². The molecule has 20 heavy (non-hydrogen) atoms. The maximum absolute atomic E-state index is 4.38. The van der Waals surface area contributed by atoms with Gasteiger partial charge in [0, 0.05) is 24.3 Å². The lowest BCUT2D eigenvalue weighted by Gasteiger charge is -2.44. The minimum Gasteiger partial charge on any atom is -0.308 e. The predicted molar refractivity (Wildman–Crippen MR) is 83.7 cm³/mol. The topological polar surface area (TPSA) is 33.1 Å². The number of aromatic nitrogens is 2. The van der Waals surface area contributed by atoms with Gasteiger partial charge in [0.25, 0.3) is 0 Å². The molecule has 1 saturated heterocycles. The molecule has 1 aliphatic rings. The third-order valence-corrected chi connectivity index (χ3v) is 4.82. The summed E-state index contributed by atoms with van der Waals surface area (Å²) in [4.78, 5) is 2.67. The highest BCUT2D eigenvalue weighted by Gasteiger charge is 2.40. The molecular formula is C16H30N4. The van der Waals surface area contributed by atoms with Gasteiger partial charge < -0.3 is 5.32 Å². The minimum absolute atomic E-state index is 0.175. The van der Waals surface area contributed by atoms with Crippen LogP contribution < -0.4 is 5.32 Å². The SMILES string of the molecule is CCCNC(c1cnn(C)c1)C(C)(CC)N1CCCC1. The van der Waals surface area contributed by atoms with E-state index in [1.807, 2.05) is 17.9 Å². The summed E-state index contributed by atoms with van der Waals surface area (Å²) in [5.41, 5.74) is 1.49. The van der Waals surface area contributed by atoms with Gasteiger partial charge in [0.1, 0.15) is 0 Å². The number of aryl methyl sites for hydroxylation is 1. The molecule has 4 nitrogen and oxygen atoms in total. The van der Waals surface area contributed by atoms with E-state index in [1.165, 1.54) is 31.5 Å². The molecule has 1 aromatic rings. The van der Waals surface area contributed by atoms with Gasteiger partial charge in [-0.3, -0.25) is 9.58 Å². The van der Waals surface area contributed by atoms with Gasteiger partial charge in [0.05, 0.1) is 12.2 Å². The van der Waals surface area contributed by atoms with Crippen LogP contribution >= 0.6 is 0 Å². The van der Waals surface area contributed by atoms with Crippen molar-refractivity contribution in [2.75, 3.05) is 19.6 Å². The van der Waals surface area contributed by atoms with Crippen LogP contribution in [0.1, 0.15) is 58.1 Å². The summed E-state index contributed by atoms with van der Waals surface area (Å²) in [5.74, 6) is 0. The van der Waals surface area contributed by atoms with E-state index in [1.54, 1.807) is 0 Å². The first-order valence-corrected chi connectivity index (χ1v) is 8.08. The minimum atomic E-state index is 0.175. The second-order valence-corrected chi connectivity index (χ2v) is 6.24. The van der Waals surface area contributed by atoms with Gasteiger partial charge in [0.15, 0.2) is 0 Å². The zero-order valence-corrected chi connectivity index (χ0v) is 13.5. The number of rotatable bonds is 7. The van der Waals surface area contributed by atoms with E-state index >= 15 is 0 Å². The summed E-state index contributed by atoms with van der Waals surface area (Å²) in [7, 11) is 2.00. The molecule has 2 atom stereocenters. The second kappa shape index (κ2) is 6.72. The molecule has 1 N–H and O–H groups in total. The van der Waals surface area contributed by atoms with Gasteiger partial charge in [-0.15, -0.1) is 0 Å². The Balaban J connectivity index is 2.26. The van der Waals surface area contributed by atoms with Gasteiger partial charge in [-0.1, -0.05) is 13.8 Å². The maximum Gasteiger partial charge on any atom is 0.0538 e. The zero-order chi connectivity index (χ0) is 14.6. The van der Waals surface area contributed by atoms with Crippen molar-refractivity contribution in [1.82, 2.24) is 20.0 Å². The third-order valence-electron chi connectivity index (χ3n) is 4.82. The second-order valence-electron chi connectivity index (χ2n) is 6.24. The van der Waals surface area contributed by atoms with Crippen LogP contribution in [0.4, 0.5) is 0 Å². The van der Waals surface area contributed by atoms with E-state index in [-0.39, 0.29) is 5.54 Å². The molecule has 2 rings (SSSR count). The number of hydrogen-bond donors (Lipinski definition) is 1. The van der Waals surface area contributed by atoms with Gasteiger partial charge in [-0.05, 0) is 52.2 Å². The van der Waals surface area contributed by atoms with Gasteiger partial charge >= 0.3 is 0 Å². The largest absolute Gasteiger partial charge is 0.308 e. The number of nitrogens with one attached hydrogen (secondary N) is 1. The van der Waals surface area contributed by atoms with Crippen molar-refractivity contribution in [2.24, 2.45) is 7.05 Å². The predicted octanol–water partition coefficient (Wildman–Crippen LogP) is 2.73. The summed E-state index contributed by atoms with van der Waals surface area (Å²) >= 11 is 0. The maximum atomic E-state index is 4.38. The molecule has 0 spiro atoms. The van der Waals surface area contributed by atoms with Crippen molar-refractivity contribution in [3.8, 4) is 0 Å². The van der Waals surface area contributed by atoms with Crippen LogP contribution in [-0.4, -0.2) is 39.9 Å². The quantitative estimate of drug-likeness (QED) is 0.832.